The lowest BCUT2D eigenvalue weighted by molar-refractivity contribution is 0.591. The van der Waals surface area contributed by atoms with E-state index in [0.717, 1.165) is 5.75 Å². The molecule has 1 nitrogen and oxygen atoms in total. The Kier molecular flexibility index (Phi) is 2.65. The van der Waals surface area contributed by atoms with E-state index in [1.54, 1.807) is 0 Å². The number of fused-ring (bicyclic) bond motifs is 2. The van der Waals surface area contributed by atoms with Crippen molar-refractivity contribution in [2.24, 2.45) is 0 Å². The van der Waals surface area contributed by atoms with Gasteiger partial charge in [-0.15, -0.1) is 11.8 Å². The molecule has 0 radical (unpaired) electrons. The number of pyridine rings is 1. The van der Waals surface area contributed by atoms with Crippen LogP contribution in [0.4, 0.5) is 0 Å². The lowest BCUT2D eigenvalue weighted by Gasteiger charge is -2.20. The maximum absolute atomic E-state index is 4.69. The highest BCUT2D eigenvalue weighted by Crippen LogP contribution is 2.45. The van der Waals surface area contributed by atoms with E-state index in [4.69, 9.17) is 4.98 Å². The van der Waals surface area contributed by atoms with Gasteiger partial charge in [0, 0.05) is 27.6 Å². The summed E-state index contributed by atoms with van der Waals surface area (Å²) < 4.78 is 0. The first-order valence-corrected chi connectivity index (χ1v) is 8.42. The van der Waals surface area contributed by atoms with E-state index in [-0.39, 0.29) is 5.41 Å². The highest BCUT2D eigenvalue weighted by Gasteiger charge is 2.22. The first-order chi connectivity index (χ1) is 9.97. The number of thioether (sulfide) groups is 1. The molecule has 2 heteroatoms. The van der Waals surface area contributed by atoms with Crippen LogP contribution in [0, 0.1) is 6.92 Å². The van der Waals surface area contributed by atoms with Gasteiger partial charge in [-0.05, 0) is 40.5 Å². The van der Waals surface area contributed by atoms with E-state index in [1.807, 2.05) is 18.0 Å². The van der Waals surface area contributed by atoms with Gasteiger partial charge in [0.15, 0.2) is 0 Å². The predicted octanol–water partition coefficient (Wildman–Crippen LogP) is 5.60. The highest BCUT2D eigenvalue weighted by atomic mass is 32.2. The molecule has 4 rings (SSSR count). The Labute approximate surface area is 129 Å². The van der Waals surface area contributed by atoms with Gasteiger partial charge in [0.25, 0.3) is 0 Å². The number of benzene rings is 2. The van der Waals surface area contributed by atoms with Crippen molar-refractivity contribution in [3.8, 4) is 0 Å². The molecule has 1 aliphatic rings. The van der Waals surface area contributed by atoms with Crippen LogP contribution in [0.2, 0.25) is 0 Å². The molecule has 106 valence electrons. The molecule has 0 aliphatic carbocycles. The molecule has 2 heterocycles. The normalized spacial score (nSPS) is 14.3. The van der Waals surface area contributed by atoms with Gasteiger partial charge in [-0.3, -0.25) is 4.98 Å². The third-order valence-corrected chi connectivity index (χ3v) is 5.67. The number of hydrogen-bond acceptors (Lipinski definition) is 2. The van der Waals surface area contributed by atoms with Crippen LogP contribution in [0.15, 0.2) is 35.4 Å². The Morgan fingerprint density at radius 3 is 2.67 bits per heavy atom. The van der Waals surface area contributed by atoms with Crippen molar-refractivity contribution in [2.75, 3.05) is 0 Å². The molecule has 0 bridgehead atoms. The third kappa shape index (κ3) is 1.82. The number of hydrogen-bond donors (Lipinski definition) is 0. The van der Waals surface area contributed by atoms with Crippen molar-refractivity contribution in [1.82, 2.24) is 4.98 Å². The van der Waals surface area contributed by atoms with E-state index in [9.17, 15) is 0 Å². The summed E-state index contributed by atoms with van der Waals surface area (Å²) in [7, 11) is 0. The third-order valence-electron chi connectivity index (χ3n) is 4.58. The van der Waals surface area contributed by atoms with Gasteiger partial charge >= 0.3 is 0 Å². The molecule has 0 unspecified atom stereocenters. The summed E-state index contributed by atoms with van der Waals surface area (Å²) in [6, 6.07) is 9.05. The molecular formula is C19H19NS. The molecule has 0 atom stereocenters. The van der Waals surface area contributed by atoms with Gasteiger partial charge in [-0.25, -0.2) is 0 Å². The van der Waals surface area contributed by atoms with Gasteiger partial charge in [0.2, 0.25) is 0 Å². The first kappa shape index (κ1) is 13.1. The molecule has 0 amide bonds. The number of aryl methyl sites for hydroxylation is 1. The summed E-state index contributed by atoms with van der Waals surface area (Å²) in [5.74, 6) is 1.08. The number of rotatable bonds is 0. The summed E-state index contributed by atoms with van der Waals surface area (Å²) in [6.45, 7) is 9.09. The molecule has 2 aromatic carbocycles. The SMILES string of the molecule is Cc1c2c3c(ccnc3c3ccc(C(C)(C)C)cc13)SC2. The maximum atomic E-state index is 4.69. The average molecular weight is 293 g/mol. The largest absolute Gasteiger partial charge is 0.256 e. The molecule has 0 N–H and O–H groups in total. The minimum absolute atomic E-state index is 0.181. The van der Waals surface area contributed by atoms with Gasteiger partial charge in [-0.2, -0.15) is 0 Å². The van der Waals surface area contributed by atoms with Crippen molar-refractivity contribution in [3.63, 3.8) is 0 Å². The van der Waals surface area contributed by atoms with Crippen LogP contribution in [0.3, 0.4) is 0 Å². The van der Waals surface area contributed by atoms with Crippen molar-refractivity contribution in [3.05, 3.63) is 47.2 Å². The average Bonchev–Trinajstić information content (AvgIpc) is 2.88. The quantitative estimate of drug-likeness (QED) is 0.500. The fourth-order valence-electron chi connectivity index (χ4n) is 3.27. The van der Waals surface area contributed by atoms with Gasteiger partial charge in [0.05, 0.1) is 5.52 Å². The van der Waals surface area contributed by atoms with E-state index in [0.29, 0.717) is 0 Å². The minimum Gasteiger partial charge on any atom is -0.256 e. The molecule has 1 aliphatic heterocycles. The van der Waals surface area contributed by atoms with Crippen molar-refractivity contribution in [1.29, 1.82) is 0 Å². The molecule has 0 saturated heterocycles. The topological polar surface area (TPSA) is 12.9 Å². The second-order valence-corrected chi connectivity index (χ2v) is 7.95. The van der Waals surface area contributed by atoms with Gasteiger partial charge in [0.1, 0.15) is 0 Å². The fraction of sp³-hybridized carbons (Fsp3) is 0.316. The standard InChI is InChI=1S/C19H19NS/c1-11-14-9-12(19(2,3)4)5-6-13(14)18-17-15(11)10-21-16(17)7-8-20-18/h5-9H,10H2,1-4H3. The molecule has 0 spiro atoms. The summed E-state index contributed by atoms with van der Waals surface area (Å²) in [4.78, 5) is 6.08. The second kappa shape index (κ2) is 4.23. The van der Waals surface area contributed by atoms with Crippen LogP contribution in [0.5, 0.6) is 0 Å². The zero-order chi connectivity index (χ0) is 14.8. The summed E-state index contributed by atoms with van der Waals surface area (Å²) in [6.07, 6.45) is 1.95. The molecule has 0 fully saturated rings. The van der Waals surface area contributed by atoms with E-state index >= 15 is 0 Å². The maximum Gasteiger partial charge on any atom is 0.0794 e. The summed E-state index contributed by atoms with van der Waals surface area (Å²) in [5, 5.41) is 4.05. The van der Waals surface area contributed by atoms with Crippen LogP contribution >= 0.6 is 11.8 Å². The molecular weight excluding hydrogens is 274 g/mol. The minimum atomic E-state index is 0.181. The predicted molar refractivity (Wildman–Crippen MR) is 92.2 cm³/mol. The van der Waals surface area contributed by atoms with E-state index in [2.05, 4.69) is 52.0 Å². The van der Waals surface area contributed by atoms with Crippen LogP contribution < -0.4 is 0 Å². The molecule has 1 aromatic heterocycles. The van der Waals surface area contributed by atoms with E-state index in [1.165, 1.54) is 43.3 Å². The highest BCUT2D eigenvalue weighted by molar-refractivity contribution is 7.99. The van der Waals surface area contributed by atoms with Gasteiger partial charge < -0.3 is 0 Å². The van der Waals surface area contributed by atoms with Crippen LogP contribution in [0.1, 0.15) is 37.5 Å². The lowest BCUT2D eigenvalue weighted by Crippen LogP contribution is -2.10. The second-order valence-electron chi connectivity index (χ2n) is 6.94. The van der Waals surface area contributed by atoms with Crippen LogP contribution in [-0.4, -0.2) is 4.98 Å². The molecule has 21 heavy (non-hydrogen) atoms. The Bertz CT molecular complexity index is 888. The Morgan fingerprint density at radius 2 is 1.90 bits per heavy atom. The van der Waals surface area contributed by atoms with Crippen molar-refractivity contribution in [2.45, 2.75) is 43.8 Å². The molecule has 0 saturated carbocycles. The number of nitrogens with zero attached hydrogens (tertiary/aromatic N) is 1. The Hall–Kier alpha value is -1.54. The van der Waals surface area contributed by atoms with Crippen LogP contribution in [0.25, 0.3) is 21.7 Å². The first-order valence-electron chi connectivity index (χ1n) is 7.44. The Balaban J connectivity index is 2.18. The monoisotopic (exact) mass is 293 g/mol. The Morgan fingerprint density at radius 1 is 1.10 bits per heavy atom. The van der Waals surface area contributed by atoms with Crippen LogP contribution in [-0.2, 0) is 11.2 Å². The van der Waals surface area contributed by atoms with Gasteiger partial charge in [-0.1, -0.05) is 39.0 Å². The summed E-state index contributed by atoms with van der Waals surface area (Å²) in [5.41, 5.74) is 5.67. The zero-order valence-electron chi connectivity index (χ0n) is 12.9. The fourth-order valence-corrected chi connectivity index (χ4v) is 4.45. The molecule has 3 aromatic rings. The van der Waals surface area contributed by atoms with Crippen molar-refractivity contribution >= 4 is 33.4 Å². The number of aromatic nitrogens is 1. The lowest BCUT2D eigenvalue weighted by atomic mass is 9.84. The van der Waals surface area contributed by atoms with E-state index < -0.39 is 0 Å². The zero-order valence-corrected chi connectivity index (χ0v) is 13.8. The van der Waals surface area contributed by atoms with Crippen molar-refractivity contribution < 1.29 is 0 Å². The summed E-state index contributed by atoms with van der Waals surface area (Å²) >= 11 is 1.94. The smallest absolute Gasteiger partial charge is 0.0794 e.